The first-order valence-electron chi connectivity index (χ1n) is 8.98. The van der Waals surface area contributed by atoms with Gasteiger partial charge in [0.1, 0.15) is 11.5 Å². The fourth-order valence-corrected chi connectivity index (χ4v) is 3.21. The van der Waals surface area contributed by atoms with Gasteiger partial charge in [-0.25, -0.2) is 9.55 Å². The van der Waals surface area contributed by atoms with E-state index in [1.54, 1.807) is 42.5 Å². The van der Waals surface area contributed by atoms with Crippen molar-refractivity contribution in [2.24, 2.45) is 5.10 Å². The van der Waals surface area contributed by atoms with Crippen LogP contribution in [0.2, 0.25) is 5.02 Å². The van der Waals surface area contributed by atoms with Crippen LogP contribution in [0.4, 0.5) is 11.4 Å². The van der Waals surface area contributed by atoms with E-state index >= 15 is 0 Å². The van der Waals surface area contributed by atoms with Crippen LogP contribution >= 0.6 is 11.6 Å². The van der Waals surface area contributed by atoms with Gasteiger partial charge in [-0.3, -0.25) is 20.3 Å². The van der Waals surface area contributed by atoms with Gasteiger partial charge < -0.3 is 5.11 Å². The number of rotatable bonds is 5. The molecule has 0 aliphatic carbocycles. The van der Waals surface area contributed by atoms with Crippen LogP contribution in [0.1, 0.15) is 5.56 Å². The van der Waals surface area contributed by atoms with Gasteiger partial charge in [0, 0.05) is 23.0 Å². The molecule has 0 fully saturated rings. The van der Waals surface area contributed by atoms with Gasteiger partial charge in [0.25, 0.3) is 11.2 Å². The Kier molecular flexibility index (Phi) is 5.33. The Morgan fingerprint density at radius 3 is 2.52 bits per heavy atom. The fourth-order valence-electron chi connectivity index (χ4n) is 3.10. The number of nitrogens with zero attached hydrogens (tertiary/aromatic N) is 4. The molecule has 4 aromatic rings. The quantitative estimate of drug-likeness (QED) is 0.276. The maximum atomic E-state index is 13.0. The molecule has 31 heavy (non-hydrogen) atoms. The van der Waals surface area contributed by atoms with Crippen LogP contribution in [0.5, 0.6) is 5.88 Å². The highest BCUT2D eigenvalue weighted by molar-refractivity contribution is 6.30. The second-order valence-electron chi connectivity index (χ2n) is 6.40. The Bertz CT molecular complexity index is 1380. The average molecular weight is 436 g/mol. The van der Waals surface area contributed by atoms with E-state index in [2.05, 4.69) is 15.5 Å². The minimum atomic E-state index is -0.531. The summed E-state index contributed by atoms with van der Waals surface area (Å²) in [7, 11) is 0. The lowest BCUT2D eigenvalue weighted by atomic mass is 10.1. The summed E-state index contributed by atoms with van der Waals surface area (Å²) < 4.78 is 1.05. The predicted octanol–water partition coefficient (Wildman–Crippen LogP) is 4.10. The molecule has 0 saturated carbocycles. The van der Waals surface area contributed by atoms with Crippen LogP contribution < -0.4 is 11.0 Å². The van der Waals surface area contributed by atoms with E-state index in [1.807, 2.05) is 0 Å². The number of hydrogen-bond donors (Lipinski definition) is 2. The SMILES string of the molecule is O=c1c2ccccc2c(/C=N/Nc2ccccc2[N+](=O)[O-])c(O)n1-c1ccc(Cl)cn1. The number of nitro benzene ring substituents is 1. The first kappa shape index (κ1) is 20.0. The van der Waals surface area contributed by atoms with Crippen LogP contribution in [-0.2, 0) is 0 Å². The first-order chi connectivity index (χ1) is 15.0. The van der Waals surface area contributed by atoms with Gasteiger partial charge in [-0.1, -0.05) is 41.9 Å². The molecule has 2 heterocycles. The molecule has 0 aliphatic rings. The van der Waals surface area contributed by atoms with Crippen molar-refractivity contribution in [2.75, 3.05) is 5.43 Å². The minimum absolute atomic E-state index is 0.149. The van der Waals surface area contributed by atoms with Gasteiger partial charge >= 0.3 is 0 Å². The van der Waals surface area contributed by atoms with Crippen LogP contribution in [0.25, 0.3) is 16.6 Å². The molecule has 0 bridgehead atoms. The van der Waals surface area contributed by atoms with Gasteiger partial charge in [0.05, 0.1) is 21.7 Å². The van der Waals surface area contributed by atoms with Crippen molar-refractivity contribution >= 4 is 40.0 Å². The van der Waals surface area contributed by atoms with E-state index < -0.39 is 10.5 Å². The summed E-state index contributed by atoms with van der Waals surface area (Å²) in [6, 6.07) is 15.8. The van der Waals surface area contributed by atoms with Gasteiger partial charge in [-0.05, 0) is 24.3 Å². The third-order valence-corrected chi connectivity index (χ3v) is 4.75. The highest BCUT2D eigenvalue weighted by Gasteiger charge is 2.17. The zero-order chi connectivity index (χ0) is 22.0. The average Bonchev–Trinajstić information content (AvgIpc) is 2.77. The summed E-state index contributed by atoms with van der Waals surface area (Å²) in [5, 5.41) is 27.3. The van der Waals surface area contributed by atoms with Gasteiger partial charge in [-0.15, -0.1) is 0 Å². The molecule has 0 amide bonds. The number of halogens is 1. The number of pyridine rings is 2. The van der Waals surface area contributed by atoms with Crippen molar-refractivity contribution < 1.29 is 10.0 Å². The predicted molar refractivity (Wildman–Crippen MR) is 118 cm³/mol. The molecule has 0 atom stereocenters. The Hall–Kier alpha value is -4.24. The first-order valence-corrected chi connectivity index (χ1v) is 9.36. The Morgan fingerprint density at radius 2 is 1.81 bits per heavy atom. The number of hydrazone groups is 1. The van der Waals surface area contributed by atoms with Crippen molar-refractivity contribution in [1.29, 1.82) is 0 Å². The lowest BCUT2D eigenvalue weighted by Gasteiger charge is -2.13. The zero-order valence-corrected chi connectivity index (χ0v) is 16.5. The molecule has 2 aromatic heterocycles. The second-order valence-corrected chi connectivity index (χ2v) is 6.84. The standard InChI is InChI=1S/C21H14ClN5O4/c22-13-9-10-19(23-11-13)26-20(28)15-6-2-1-5-14(15)16(21(26)29)12-24-25-17-7-3-4-8-18(17)27(30)31/h1-12,25,29H/b24-12+. The number of fused-ring (bicyclic) bond motifs is 1. The van der Waals surface area contributed by atoms with Crippen molar-refractivity contribution in [2.45, 2.75) is 0 Å². The number of nitrogens with one attached hydrogen (secondary N) is 1. The molecule has 2 N–H and O–H groups in total. The van der Waals surface area contributed by atoms with E-state index in [-0.39, 0.29) is 28.6 Å². The van der Waals surface area contributed by atoms with Crippen molar-refractivity contribution in [3.05, 3.63) is 97.9 Å². The molecule has 2 aromatic carbocycles. The fraction of sp³-hybridized carbons (Fsp3) is 0. The summed E-state index contributed by atoms with van der Waals surface area (Å²) in [6.45, 7) is 0. The van der Waals surface area contributed by atoms with E-state index in [0.29, 0.717) is 15.8 Å². The Morgan fingerprint density at radius 1 is 1.10 bits per heavy atom. The number of anilines is 1. The van der Waals surface area contributed by atoms with Crippen molar-refractivity contribution in [1.82, 2.24) is 9.55 Å². The summed E-state index contributed by atoms with van der Waals surface area (Å²) in [4.78, 5) is 27.7. The van der Waals surface area contributed by atoms with E-state index in [4.69, 9.17) is 11.6 Å². The normalized spacial score (nSPS) is 11.1. The number of hydrogen-bond acceptors (Lipinski definition) is 7. The Balaban J connectivity index is 1.84. The van der Waals surface area contributed by atoms with Gasteiger partial charge in [0.2, 0.25) is 5.88 Å². The summed E-state index contributed by atoms with van der Waals surface area (Å²) >= 11 is 5.88. The Labute approximate surface area is 180 Å². The maximum Gasteiger partial charge on any atom is 0.294 e. The lowest BCUT2D eigenvalue weighted by Crippen LogP contribution is -2.21. The maximum absolute atomic E-state index is 13.0. The molecule has 0 aliphatic heterocycles. The second kappa shape index (κ2) is 8.25. The van der Waals surface area contributed by atoms with Crippen LogP contribution in [0, 0.1) is 10.1 Å². The molecule has 0 unspecified atom stereocenters. The number of aromatic nitrogens is 2. The summed E-state index contributed by atoms with van der Waals surface area (Å²) in [5.74, 6) is -0.203. The number of benzene rings is 2. The zero-order valence-electron chi connectivity index (χ0n) is 15.8. The van der Waals surface area contributed by atoms with Gasteiger partial charge in [-0.2, -0.15) is 5.10 Å². The lowest BCUT2D eigenvalue weighted by molar-refractivity contribution is -0.384. The van der Waals surface area contributed by atoms with Crippen LogP contribution in [-0.4, -0.2) is 25.8 Å². The molecule has 4 rings (SSSR count). The number of aromatic hydroxyl groups is 1. The minimum Gasteiger partial charge on any atom is -0.494 e. The van der Waals surface area contributed by atoms with Gasteiger partial charge in [0.15, 0.2) is 0 Å². The molecular weight excluding hydrogens is 422 g/mol. The highest BCUT2D eigenvalue weighted by Crippen LogP contribution is 2.26. The van der Waals surface area contributed by atoms with Crippen LogP contribution in [0.15, 0.2) is 76.8 Å². The smallest absolute Gasteiger partial charge is 0.294 e. The topological polar surface area (TPSA) is 123 Å². The molecule has 9 nitrogen and oxygen atoms in total. The van der Waals surface area contributed by atoms with E-state index in [9.17, 15) is 20.0 Å². The van der Waals surface area contributed by atoms with Crippen LogP contribution in [0.3, 0.4) is 0 Å². The number of nitro groups is 1. The third kappa shape index (κ3) is 3.81. The molecule has 0 saturated heterocycles. The highest BCUT2D eigenvalue weighted by atomic mass is 35.5. The van der Waals surface area contributed by atoms with E-state index in [1.165, 1.54) is 30.6 Å². The molecular formula is C21H14ClN5O4. The van der Waals surface area contributed by atoms with Crippen molar-refractivity contribution in [3.63, 3.8) is 0 Å². The third-order valence-electron chi connectivity index (χ3n) is 4.52. The van der Waals surface area contributed by atoms with Crippen molar-refractivity contribution in [3.8, 4) is 11.7 Å². The number of para-hydroxylation sites is 2. The molecule has 0 radical (unpaired) electrons. The largest absolute Gasteiger partial charge is 0.494 e. The summed E-state index contributed by atoms with van der Waals surface area (Å²) in [6.07, 6.45) is 2.65. The monoisotopic (exact) mass is 435 g/mol. The van der Waals surface area contributed by atoms with E-state index in [0.717, 1.165) is 4.57 Å². The summed E-state index contributed by atoms with van der Waals surface area (Å²) in [5.41, 5.74) is 2.41. The molecule has 0 spiro atoms. The molecule has 10 heteroatoms. The molecule has 154 valence electrons.